The summed E-state index contributed by atoms with van der Waals surface area (Å²) in [5.74, 6) is -0.705. The molecule has 126 valence electrons. The van der Waals surface area contributed by atoms with Gasteiger partial charge < -0.3 is 5.11 Å². The Morgan fingerprint density at radius 2 is 1.38 bits per heavy atom. The van der Waals surface area contributed by atoms with Gasteiger partial charge in [-0.25, -0.2) is 5.43 Å². The van der Waals surface area contributed by atoms with Gasteiger partial charge in [-0.2, -0.15) is 0 Å². The average molecular weight is 300 g/mol. The zero-order valence-corrected chi connectivity index (χ0v) is 14.3. The summed E-state index contributed by atoms with van der Waals surface area (Å²) < 4.78 is 0. The van der Waals surface area contributed by atoms with Crippen LogP contribution in [0.4, 0.5) is 0 Å². The number of hydrogen-bond acceptors (Lipinski definition) is 3. The zero-order valence-electron chi connectivity index (χ0n) is 14.3. The third kappa shape index (κ3) is 12.8. The van der Waals surface area contributed by atoms with Gasteiger partial charge in [0.1, 0.15) is 6.04 Å². The molecule has 0 radical (unpaired) electrons. The Kier molecular flexibility index (Phi) is 13.9. The second-order valence-electron chi connectivity index (χ2n) is 6.31. The van der Waals surface area contributed by atoms with Crippen molar-refractivity contribution in [3.8, 4) is 0 Å². The highest BCUT2D eigenvalue weighted by Crippen LogP contribution is 2.10. The quantitative estimate of drug-likeness (QED) is 0.314. The molecule has 3 N–H and O–H groups in total. The average Bonchev–Trinajstić information content (AvgIpc) is 2.43. The van der Waals surface area contributed by atoms with E-state index in [1.165, 1.54) is 57.8 Å². The molecule has 0 aliphatic rings. The number of rotatable bonds is 15. The maximum absolute atomic E-state index is 11.0. The maximum atomic E-state index is 11.0. The van der Waals surface area contributed by atoms with E-state index in [0.717, 1.165) is 13.0 Å². The predicted octanol–water partition coefficient (Wildman–Crippen LogP) is 4.11. The predicted molar refractivity (Wildman–Crippen MR) is 89.2 cm³/mol. The molecule has 0 amide bonds. The van der Waals surface area contributed by atoms with Crippen LogP contribution in [0.3, 0.4) is 0 Å². The van der Waals surface area contributed by atoms with Gasteiger partial charge in [-0.3, -0.25) is 10.2 Å². The Morgan fingerprint density at radius 3 is 1.81 bits per heavy atom. The number of carboxylic acids is 1. The summed E-state index contributed by atoms with van der Waals surface area (Å²) in [6.45, 7) is 6.91. The van der Waals surface area contributed by atoms with Crippen molar-refractivity contribution in [2.45, 2.75) is 91.0 Å². The summed E-state index contributed by atoms with van der Waals surface area (Å²) in [4.78, 5) is 11.0. The lowest BCUT2D eigenvalue weighted by molar-refractivity contribution is -0.141. The Labute approximate surface area is 131 Å². The highest BCUT2D eigenvalue weighted by atomic mass is 16.4. The molecule has 0 heterocycles. The second kappa shape index (κ2) is 14.3. The van der Waals surface area contributed by atoms with Crippen molar-refractivity contribution >= 4 is 5.97 Å². The van der Waals surface area contributed by atoms with Gasteiger partial charge in [-0.05, 0) is 12.3 Å². The number of aliphatic carboxylic acids is 1. The van der Waals surface area contributed by atoms with Gasteiger partial charge >= 0.3 is 5.97 Å². The third-order valence-electron chi connectivity index (χ3n) is 3.85. The first-order valence-corrected chi connectivity index (χ1v) is 8.80. The molecule has 4 nitrogen and oxygen atoms in total. The third-order valence-corrected chi connectivity index (χ3v) is 3.85. The number of hydrogen-bond donors (Lipinski definition) is 3. The lowest BCUT2D eigenvalue weighted by Crippen LogP contribution is -2.48. The molecule has 0 spiro atoms. The van der Waals surface area contributed by atoms with Crippen molar-refractivity contribution in [2.24, 2.45) is 5.92 Å². The van der Waals surface area contributed by atoms with Gasteiger partial charge in [0.2, 0.25) is 0 Å². The Hall–Kier alpha value is -0.610. The van der Waals surface area contributed by atoms with E-state index in [1.807, 2.05) is 13.8 Å². The minimum atomic E-state index is -0.791. The van der Waals surface area contributed by atoms with Crippen LogP contribution in [0.15, 0.2) is 0 Å². The normalized spacial score (nSPS) is 12.8. The van der Waals surface area contributed by atoms with Crippen LogP contribution < -0.4 is 10.9 Å². The SMILES string of the molecule is CCCCCCCCCCCCNN[C@H](C(=O)O)C(C)C. The van der Waals surface area contributed by atoms with Crippen molar-refractivity contribution in [1.82, 2.24) is 10.9 Å². The second-order valence-corrected chi connectivity index (χ2v) is 6.31. The smallest absolute Gasteiger partial charge is 0.322 e. The summed E-state index contributed by atoms with van der Waals surface area (Å²) in [5, 5.41) is 9.02. The summed E-state index contributed by atoms with van der Waals surface area (Å²) in [5.41, 5.74) is 5.94. The molecule has 0 aromatic rings. The van der Waals surface area contributed by atoms with E-state index in [-0.39, 0.29) is 5.92 Å². The summed E-state index contributed by atoms with van der Waals surface area (Å²) in [6.07, 6.45) is 13.2. The zero-order chi connectivity index (χ0) is 15.9. The van der Waals surface area contributed by atoms with Crippen molar-refractivity contribution < 1.29 is 9.90 Å². The van der Waals surface area contributed by atoms with Crippen LogP contribution in [0.5, 0.6) is 0 Å². The molecule has 0 rings (SSSR count). The number of carbonyl (C=O) groups is 1. The fourth-order valence-electron chi connectivity index (χ4n) is 2.40. The van der Waals surface area contributed by atoms with Crippen molar-refractivity contribution in [3.63, 3.8) is 0 Å². The molecule has 0 aliphatic heterocycles. The fraction of sp³-hybridized carbons (Fsp3) is 0.941. The summed E-state index contributed by atoms with van der Waals surface area (Å²) in [7, 11) is 0. The minimum Gasteiger partial charge on any atom is -0.480 e. The molecule has 21 heavy (non-hydrogen) atoms. The lowest BCUT2D eigenvalue weighted by Gasteiger charge is -2.18. The van der Waals surface area contributed by atoms with Gasteiger partial charge in [-0.1, -0.05) is 78.6 Å². The van der Waals surface area contributed by atoms with Gasteiger partial charge in [-0.15, -0.1) is 0 Å². The van der Waals surface area contributed by atoms with Gasteiger partial charge in [0.25, 0.3) is 0 Å². The molecule has 0 saturated carbocycles. The van der Waals surface area contributed by atoms with Crippen LogP contribution in [0, 0.1) is 5.92 Å². The van der Waals surface area contributed by atoms with Gasteiger partial charge in [0.15, 0.2) is 0 Å². The summed E-state index contributed by atoms with van der Waals surface area (Å²) >= 11 is 0. The number of hydrazine groups is 1. The van der Waals surface area contributed by atoms with E-state index in [4.69, 9.17) is 5.11 Å². The Balaban J connectivity index is 3.27. The molecular weight excluding hydrogens is 264 g/mol. The Bertz CT molecular complexity index is 245. The first-order chi connectivity index (χ1) is 10.1. The van der Waals surface area contributed by atoms with Crippen molar-refractivity contribution in [1.29, 1.82) is 0 Å². The van der Waals surface area contributed by atoms with Gasteiger partial charge in [0.05, 0.1) is 0 Å². The van der Waals surface area contributed by atoms with Crippen molar-refractivity contribution in [2.75, 3.05) is 6.54 Å². The van der Waals surface area contributed by atoms with Crippen LogP contribution in [-0.2, 0) is 4.79 Å². The molecular formula is C17H36N2O2. The van der Waals surface area contributed by atoms with E-state index in [0.29, 0.717) is 0 Å². The largest absolute Gasteiger partial charge is 0.480 e. The van der Waals surface area contributed by atoms with E-state index in [2.05, 4.69) is 17.8 Å². The molecule has 0 bridgehead atoms. The van der Waals surface area contributed by atoms with Crippen LogP contribution >= 0.6 is 0 Å². The molecule has 0 aromatic carbocycles. The van der Waals surface area contributed by atoms with E-state index in [9.17, 15) is 4.79 Å². The lowest BCUT2D eigenvalue weighted by atomic mass is 10.1. The van der Waals surface area contributed by atoms with Crippen LogP contribution in [0.1, 0.15) is 85.0 Å². The molecule has 4 heteroatoms. The molecule has 0 saturated heterocycles. The molecule has 0 aromatic heterocycles. The molecule has 0 aliphatic carbocycles. The van der Waals surface area contributed by atoms with E-state index >= 15 is 0 Å². The molecule has 0 unspecified atom stereocenters. The fourth-order valence-corrected chi connectivity index (χ4v) is 2.40. The monoisotopic (exact) mass is 300 g/mol. The highest BCUT2D eigenvalue weighted by molar-refractivity contribution is 5.73. The number of unbranched alkanes of at least 4 members (excludes halogenated alkanes) is 9. The number of nitrogens with one attached hydrogen (secondary N) is 2. The van der Waals surface area contributed by atoms with Crippen LogP contribution in [0.2, 0.25) is 0 Å². The standard InChI is InChI=1S/C17H36N2O2/c1-4-5-6-7-8-9-10-11-12-13-14-18-19-16(15(2)3)17(20)21/h15-16,18-19H,4-14H2,1-3H3,(H,20,21)/t16-/m0/s1. The molecule has 0 fully saturated rings. The Morgan fingerprint density at radius 1 is 0.905 bits per heavy atom. The number of carboxylic acid groups (broad SMARTS) is 1. The first kappa shape index (κ1) is 20.4. The maximum Gasteiger partial charge on any atom is 0.322 e. The van der Waals surface area contributed by atoms with Crippen molar-refractivity contribution in [3.05, 3.63) is 0 Å². The summed E-state index contributed by atoms with van der Waals surface area (Å²) in [6, 6.07) is -0.506. The van der Waals surface area contributed by atoms with E-state index in [1.54, 1.807) is 0 Å². The van der Waals surface area contributed by atoms with Gasteiger partial charge in [0, 0.05) is 6.54 Å². The topological polar surface area (TPSA) is 61.4 Å². The van der Waals surface area contributed by atoms with Crippen LogP contribution in [0.25, 0.3) is 0 Å². The van der Waals surface area contributed by atoms with Crippen LogP contribution in [-0.4, -0.2) is 23.7 Å². The first-order valence-electron chi connectivity index (χ1n) is 8.80. The minimum absolute atomic E-state index is 0.0858. The molecule has 1 atom stereocenters. The highest BCUT2D eigenvalue weighted by Gasteiger charge is 2.19. The van der Waals surface area contributed by atoms with E-state index < -0.39 is 12.0 Å².